The normalized spacial score (nSPS) is 25.4. The molecule has 1 aromatic heterocycles. The zero-order chi connectivity index (χ0) is 10.0. The van der Waals surface area contributed by atoms with Crippen LogP contribution in [0.4, 0.5) is 0 Å². The van der Waals surface area contributed by atoms with Crippen LogP contribution in [0.3, 0.4) is 0 Å². The van der Waals surface area contributed by atoms with E-state index in [0.717, 1.165) is 12.0 Å². The lowest BCUT2D eigenvalue weighted by Gasteiger charge is -2.41. The maximum absolute atomic E-state index is 10.7. The number of hydrogen-bond donors (Lipinski definition) is 1. The van der Waals surface area contributed by atoms with Gasteiger partial charge in [-0.25, -0.2) is 0 Å². The highest BCUT2D eigenvalue weighted by atomic mass is 16.5. The minimum atomic E-state index is -0.832. The van der Waals surface area contributed by atoms with Crippen LogP contribution in [0.5, 0.6) is 0 Å². The molecule has 0 spiro atoms. The first kappa shape index (κ1) is 9.15. The number of aliphatic carboxylic acids is 1. The Bertz CT molecular complexity index is 332. The molecule has 74 valence electrons. The zero-order valence-corrected chi connectivity index (χ0v) is 7.64. The van der Waals surface area contributed by atoms with Gasteiger partial charge in [-0.1, -0.05) is 0 Å². The fourth-order valence-electron chi connectivity index (χ4n) is 1.72. The largest absolute Gasteiger partial charge is 0.481 e. The van der Waals surface area contributed by atoms with E-state index in [1.807, 2.05) is 12.1 Å². The minimum Gasteiger partial charge on any atom is -0.481 e. The van der Waals surface area contributed by atoms with Gasteiger partial charge in [0, 0.05) is 18.8 Å². The number of aromatic nitrogens is 1. The number of pyridine rings is 1. The van der Waals surface area contributed by atoms with Crippen LogP contribution >= 0.6 is 0 Å². The molecule has 0 aliphatic carbocycles. The summed E-state index contributed by atoms with van der Waals surface area (Å²) in [5, 5.41) is 8.78. The molecule has 1 aromatic rings. The molecule has 4 heteroatoms. The molecule has 0 aromatic carbocycles. The second kappa shape index (κ2) is 3.38. The molecule has 1 fully saturated rings. The number of hydrogen-bond acceptors (Lipinski definition) is 3. The van der Waals surface area contributed by atoms with E-state index in [0.29, 0.717) is 6.61 Å². The summed E-state index contributed by atoms with van der Waals surface area (Å²) >= 11 is 0. The van der Waals surface area contributed by atoms with Crippen LogP contribution in [-0.2, 0) is 15.1 Å². The van der Waals surface area contributed by atoms with E-state index in [-0.39, 0.29) is 6.42 Å². The molecule has 1 aliphatic rings. The van der Waals surface area contributed by atoms with Crippen LogP contribution in [-0.4, -0.2) is 22.7 Å². The zero-order valence-electron chi connectivity index (χ0n) is 7.64. The highest BCUT2D eigenvalue weighted by Crippen LogP contribution is 2.40. The van der Waals surface area contributed by atoms with Crippen LogP contribution in [0.25, 0.3) is 0 Å². The van der Waals surface area contributed by atoms with Crippen molar-refractivity contribution in [3.8, 4) is 0 Å². The Morgan fingerprint density at radius 3 is 2.64 bits per heavy atom. The van der Waals surface area contributed by atoms with Crippen molar-refractivity contribution in [1.29, 1.82) is 0 Å². The van der Waals surface area contributed by atoms with E-state index >= 15 is 0 Å². The second-order valence-electron chi connectivity index (χ2n) is 3.40. The first-order valence-electron chi connectivity index (χ1n) is 4.49. The second-order valence-corrected chi connectivity index (χ2v) is 3.40. The van der Waals surface area contributed by atoms with Crippen molar-refractivity contribution < 1.29 is 14.6 Å². The van der Waals surface area contributed by atoms with Gasteiger partial charge >= 0.3 is 5.97 Å². The molecule has 0 amide bonds. The maximum Gasteiger partial charge on any atom is 0.306 e. The van der Waals surface area contributed by atoms with Crippen molar-refractivity contribution >= 4 is 5.97 Å². The minimum absolute atomic E-state index is 0.0248. The Balaban J connectivity index is 2.25. The van der Waals surface area contributed by atoms with Crippen molar-refractivity contribution in [3.63, 3.8) is 0 Å². The van der Waals surface area contributed by atoms with Crippen molar-refractivity contribution in [1.82, 2.24) is 4.98 Å². The van der Waals surface area contributed by atoms with Crippen LogP contribution in [0.1, 0.15) is 18.4 Å². The lowest BCUT2D eigenvalue weighted by molar-refractivity contribution is -0.176. The van der Waals surface area contributed by atoms with Gasteiger partial charge in [-0.15, -0.1) is 0 Å². The molecule has 1 N–H and O–H groups in total. The summed E-state index contributed by atoms with van der Waals surface area (Å²) in [6.07, 6.45) is 4.10. The molecule has 1 unspecified atom stereocenters. The molecular formula is C10H11NO3. The fourth-order valence-corrected chi connectivity index (χ4v) is 1.72. The monoisotopic (exact) mass is 193 g/mol. The molecule has 1 atom stereocenters. The topological polar surface area (TPSA) is 59.4 Å². The molecular weight excluding hydrogens is 182 g/mol. The first-order chi connectivity index (χ1) is 6.73. The maximum atomic E-state index is 10.7. The van der Waals surface area contributed by atoms with Gasteiger partial charge in [0.25, 0.3) is 0 Å². The third-order valence-electron chi connectivity index (χ3n) is 2.53. The van der Waals surface area contributed by atoms with Gasteiger partial charge in [0.1, 0.15) is 5.60 Å². The Morgan fingerprint density at radius 1 is 1.57 bits per heavy atom. The van der Waals surface area contributed by atoms with E-state index in [1.54, 1.807) is 12.4 Å². The molecule has 1 saturated heterocycles. The van der Waals surface area contributed by atoms with Crippen molar-refractivity contribution in [3.05, 3.63) is 30.1 Å². The third-order valence-corrected chi connectivity index (χ3v) is 2.53. The van der Waals surface area contributed by atoms with Crippen LogP contribution in [0, 0.1) is 0 Å². The summed E-state index contributed by atoms with van der Waals surface area (Å²) < 4.78 is 5.41. The average Bonchev–Trinajstić information content (AvgIpc) is 2.12. The van der Waals surface area contributed by atoms with Crippen LogP contribution in [0.2, 0.25) is 0 Å². The molecule has 2 heterocycles. The van der Waals surface area contributed by atoms with E-state index in [1.165, 1.54) is 0 Å². The van der Waals surface area contributed by atoms with E-state index in [2.05, 4.69) is 4.98 Å². The number of rotatable bonds is 3. The van der Waals surface area contributed by atoms with Gasteiger partial charge in [0.15, 0.2) is 0 Å². The number of ether oxygens (including phenoxy) is 1. The fraction of sp³-hybridized carbons (Fsp3) is 0.400. The van der Waals surface area contributed by atoms with Crippen molar-refractivity contribution in [2.24, 2.45) is 0 Å². The SMILES string of the molecule is O=C(O)CC1(c2ccncc2)CCO1. The van der Waals surface area contributed by atoms with Crippen molar-refractivity contribution in [2.75, 3.05) is 6.61 Å². The smallest absolute Gasteiger partial charge is 0.306 e. The van der Waals surface area contributed by atoms with Gasteiger partial charge < -0.3 is 9.84 Å². The van der Waals surface area contributed by atoms with Gasteiger partial charge in [-0.3, -0.25) is 9.78 Å². The van der Waals surface area contributed by atoms with E-state index in [9.17, 15) is 4.79 Å². The highest BCUT2D eigenvalue weighted by Gasteiger charge is 2.42. The summed E-state index contributed by atoms with van der Waals surface area (Å²) in [5.74, 6) is -0.832. The van der Waals surface area contributed by atoms with Gasteiger partial charge in [-0.05, 0) is 17.7 Å². The van der Waals surface area contributed by atoms with Gasteiger partial charge in [0.2, 0.25) is 0 Å². The van der Waals surface area contributed by atoms with Gasteiger partial charge in [0.05, 0.1) is 13.0 Å². The number of carboxylic acid groups (broad SMARTS) is 1. The predicted molar refractivity (Wildman–Crippen MR) is 48.7 cm³/mol. The molecule has 4 nitrogen and oxygen atoms in total. The van der Waals surface area contributed by atoms with Crippen LogP contribution in [0.15, 0.2) is 24.5 Å². The quantitative estimate of drug-likeness (QED) is 0.782. The lowest BCUT2D eigenvalue weighted by Crippen LogP contribution is -2.42. The number of carbonyl (C=O) groups is 1. The third kappa shape index (κ3) is 1.48. The highest BCUT2D eigenvalue weighted by molar-refractivity contribution is 5.68. The summed E-state index contributed by atoms with van der Waals surface area (Å²) in [6, 6.07) is 3.62. The number of nitrogens with zero attached hydrogens (tertiary/aromatic N) is 1. The Kier molecular flexibility index (Phi) is 2.21. The first-order valence-corrected chi connectivity index (χ1v) is 4.49. The standard InChI is InChI=1S/C10H11NO3/c12-9(13)7-10(3-6-14-10)8-1-4-11-5-2-8/h1-2,4-5H,3,6-7H2,(H,12,13). The Hall–Kier alpha value is -1.42. The van der Waals surface area contributed by atoms with Crippen molar-refractivity contribution in [2.45, 2.75) is 18.4 Å². The molecule has 2 rings (SSSR count). The van der Waals surface area contributed by atoms with E-state index < -0.39 is 11.6 Å². The summed E-state index contributed by atoms with van der Waals surface area (Å²) in [6.45, 7) is 0.635. The summed E-state index contributed by atoms with van der Waals surface area (Å²) in [4.78, 5) is 14.6. The Morgan fingerprint density at radius 2 is 2.21 bits per heavy atom. The van der Waals surface area contributed by atoms with Crippen LogP contribution < -0.4 is 0 Å². The number of carboxylic acids is 1. The van der Waals surface area contributed by atoms with Gasteiger partial charge in [-0.2, -0.15) is 0 Å². The molecule has 0 saturated carbocycles. The Labute approximate surface area is 81.5 Å². The average molecular weight is 193 g/mol. The van der Waals surface area contributed by atoms with E-state index in [4.69, 9.17) is 9.84 Å². The molecule has 14 heavy (non-hydrogen) atoms. The lowest BCUT2D eigenvalue weighted by atomic mass is 9.84. The summed E-state index contributed by atoms with van der Waals surface area (Å²) in [7, 11) is 0. The molecule has 0 bridgehead atoms. The molecule has 1 aliphatic heterocycles. The summed E-state index contributed by atoms with van der Waals surface area (Å²) in [5.41, 5.74) is 0.301. The molecule has 0 radical (unpaired) electrons. The predicted octanol–water partition coefficient (Wildman–Crippen LogP) is 1.17.